The van der Waals surface area contributed by atoms with E-state index >= 15 is 0 Å². The second-order valence-electron chi connectivity index (χ2n) is 7.32. The maximum atomic E-state index is 13.0. The molecular weight excluding hydrogens is 264 g/mol. The van der Waals surface area contributed by atoms with Crippen LogP contribution in [0.25, 0.3) is 0 Å². The molecule has 1 aliphatic heterocycles. The van der Waals surface area contributed by atoms with Crippen LogP contribution < -0.4 is 5.32 Å². The molecule has 0 radical (unpaired) electrons. The molecule has 1 aliphatic carbocycles. The lowest BCUT2D eigenvalue weighted by atomic mass is 9.85. The summed E-state index contributed by atoms with van der Waals surface area (Å²) in [6.45, 7) is 8.07. The lowest BCUT2D eigenvalue weighted by Gasteiger charge is -2.48. The highest BCUT2D eigenvalue weighted by atomic mass is 16.2. The molecule has 2 amide bonds. The highest BCUT2D eigenvalue weighted by molar-refractivity contribution is 5.99. The Morgan fingerprint density at radius 2 is 1.86 bits per heavy atom. The predicted molar refractivity (Wildman–Crippen MR) is 83.8 cm³/mol. The second kappa shape index (κ2) is 6.37. The molecule has 2 fully saturated rings. The first-order valence-corrected chi connectivity index (χ1v) is 8.54. The van der Waals surface area contributed by atoms with E-state index in [0.717, 1.165) is 19.3 Å². The highest BCUT2D eigenvalue weighted by Gasteiger charge is 2.49. The van der Waals surface area contributed by atoms with E-state index in [1.807, 2.05) is 18.7 Å². The Kier molecular flexibility index (Phi) is 4.95. The topological polar surface area (TPSA) is 49.4 Å². The molecule has 4 heteroatoms. The van der Waals surface area contributed by atoms with Crippen LogP contribution in [0.15, 0.2) is 0 Å². The first-order valence-electron chi connectivity index (χ1n) is 8.54. The van der Waals surface area contributed by atoms with E-state index in [0.29, 0.717) is 12.3 Å². The Hall–Kier alpha value is -1.06. The number of hydrogen-bond donors (Lipinski definition) is 1. The van der Waals surface area contributed by atoms with Crippen molar-refractivity contribution in [2.24, 2.45) is 5.92 Å². The lowest BCUT2D eigenvalue weighted by molar-refractivity contribution is -0.159. The fourth-order valence-electron chi connectivity index (χ4n) is 3.65. The average Bonchev–Trinajstić information content (AvgIpc) is 2.45. The number of carbonyl (C=O) groups excluding carboxylic acids is 2. The van der Waals surface area contributed by atoms with Gasteiger partial charge >= 0.3 is 0 Å². The number of carbonyl (C=O) groups is 2. The normalized spacial score (nSPS) is 31.7. The minimum Gasteiger partial charge on any atom is -0.340 e. The van der Waals surface area contributed by atoms with Crippen molar-refractivity contribution >= 4 is 11.8 Å². The van der Waals surface area contributed by atoms with Gasteiger partial charge in [-0.15, -0.1) is 0 Å². The molecule has 1 heterocycles. The van der Waals surface area contributed by atoms with Gasteiger partial charge in [0, 0.05) is 6.04 Å². The molecule has 0 aromatic rings. The second-order valence-corrected chi connectivity index (χ2v) is 7.32. The fourth-order valence-corrected chi connectivity index (χ4v) is 3.65. The number of amides is 2. The van der Waals surface area contributed by atoms with E-state index in [2.05, 4.69) is 19.2 Å². The van der Waals surface area contributed by atoms with Crippen molar-refractivity contribution in [2.45, 2.75) is 90.3 Å². The Morgan fingerprint density at radius 3 is 2.38 bits per heavy atom. The number of piperazine rings is 1. The molecule has 1 saturated heterocycles. The van der Waals surface area contributed by atoms with Crippen LogP contribution in [0.1, 0.15) is 72.6 Å². The third kappa shape index (κ3) is 3.24. The third-order valence-corrected chi connectivity index (χ3v) is 5.11. The summed E-state index contributed by atoms with van der Waals surface area (Å²) in [5.74, 6) is 0.575. The highest BCUT2D eigenvalue weighted by Crippen LogP contribution is 2.32. The molecule has 0 aromatic carbocycles. The molecule has 1 saturated carbocycles. The van der Waals surface area contributed by atoms with E-state index in [4.69, 9.17) is 0 Å². The number of nitrogens with zero attached hydrogens (tertiary/aromatic N) is 1. The molecule has 4 nitrogen and oxygen atoms in total. The van der Waals surface area contributed by atoms with Gasteiger partial charge in [-0.1, -0.05) is 40.0 Å². The third-order valence-electron chi connectivity index (χ3n) is 5.11. The summed E-state index contributed by atoms with van der Waals surface area (Å²) < 4.78 is 0. The summed E-state index contributed by atoms with van der Waals surface area (Å²) in [7, 11) is 0. The zero-order valence-electron chi connectivity index (χ0n) is 13.9. The summed E-state index contributed by atoms with van der Waals surface area (Å²) >= 11 is 0. The van der Waals surface area contributed by atoms with Gasteiger partial charge in [0.05, 0.1) is 0 Å². The minimum atomic E-state index is -0.720. The van der Waals surface area contributed by atoms with Gasteiger partial charge in [0.15, 0.2) is 0 Å². The number of rotatable bonds is 4. The average molecular weight is 294 g/mol. The van der Waals surface area contributed by atoms with Crippen molar-refractivity contribution in [1.82, 2.24) is 10.2 Å². The SMILES string of the molecule is CCC1(C)NC(=O)C(CC(C)C)N(C2CCCCC2)C1=O. The van der Waals surface area contributed by atoms with Crippen molar-refractivity contribution in [1.29, 1.82) is 0 Å². The molecule has 2 rings (SSSR count). The van der Waals surface area contributed by atoms with E-state index in [9.17, 15) is 9.59 Å². The molecule has 120 valence electrons. The van der Waals surface area contributed by atoms with Crippen LogP contribution in [0.4, 0.5) is 0 Å². The summed E-state index contributed by atoms with van der Waals surface area (Å²) in [5.41, 5.74) is -0.720. The van der Waals surface area contributed by atoms with Crippen LogP contribution in [0.3, 0.4) is 0 Å². The molecule has 2 unspecified atom stereocenters. The molecule has 0 aromatic heterocycles. The summed E-state index contributed by atoms with van der Waals surface area (Å²) in [5, 5.41) is 2.99. The van der Waals surface area contributed by atoms with Gasteiger partial charge in [-0.2, -0.15) is 0 Å². The van der Waals surface area contributed by atoms with E-state index < -0.39 is 5.54 Å². The van der Waals surface area contributed by atoms with Crippen LogP contribution >= 0.6 is 0 Å². The maximum Gasteiger partial charge on any atom is 0.248 e. The first-order chi connectivity index (χ1) is 9.89. The molecule has 2 aliphatic rings. The number of nitrogens with one attached hydrogen (secondary N) is 1. The van der Waals surface area contributed by atoms with Crippen molar-refractivity contribution in [3.63, 3.8) is 0 Å². The Balaban J connectivity index is 2.29. The summed E-state index contributed by atoms with van der Waals surface area (Å²) in [4.78, 5) is 27.6. The first kappa shape index (κ1) is 16.3. The Bertz CT molecular complexity index is 402. The van der Waals surface area contributed by atoms with E-state index in [-0.39, 0.29) is 23.9 Å². The summed E-state index contributed by atoms with van der Waals surface area (Å²) in [6.07, 6.45) is 7.11. The quantitative estimate of drug-likeness (QED) is 0.866. The molecule has 2 atom stereocenters. The molecule has 21 heavy (non-hydrogen) atoms. The maximum absolute atomic E-state index is 13.0. The Labute approximate surface area is 128 Å². The van der Waals surface area contributed by atoms with Crippen LogP contribution in [0.2, 0.25) is 0 Å². The number of hydrogen-bond acceptors (Lipinski definition) is 2. The minimum absolute atomic E-state index is 0.0400. The van der Waals surface area contributed by atoms with Gasteiger partial charge < -0.3 is 10.2 Å². The lowest BCUT2D eigenvalue weighted by Crippen LogP contribution is -2.71. The van der Waals surface area contributed by atoms with Crippen LogP contribution in [0.5, 0.6) is 0 Å². The molecule has 0 spiro atoms. The van der Waals surface area contributed by atoms with Gasteiger partial charge in [-0.3, -0.25) is 9.59 Å². The van der Waals surface area contributed by atoms with Gasteiger partial charge in [-0.05, 0) is 38.5 Å². The smallest absolute Gasteiger partial charge is 0.248 e. The van der Waals surface area contributed by atoms with Crippen LogP contribution in [-0.4, -0.2) is 34.3 Å². The van der Waals surface area contributed by atoms with Gasteiger partial charge in [0.1, 0.15) is 11.6 Å². The van der Waals surface area contributed by atoms with E-state index in [1.54, 1.807) is 0 Å². The molecule has 0 bridgehead atoms. The molecular formula is C17H30N2O2. The zero-order valence-corrected chi connectivity index (χ0v) is 13.9. The van der Waals surface area contributed by atoms with Crippen molar-refractivity contribution in [3.8, 4) is 0 Å². The fraction of sp³-hybridized carbons (Fsp3) is 0.882. The standard InChI is InChI=1S/C17H30N2O2/c1-5-17(4)16(21)19(13-9-7-6-8-10-13)14(11-12(2)3)15(20)18-17/h12-14H,5-11H2,1-4H3,(H,18,20). The van der Waals surface area contributed by atoms with Crippen molar-refractivity contribution in [2.75, 3.05) is 0 Å². The largest absolute Gasteiger partial charge is 0.340 e. The summed E-state index contributed by atoms with van der Waals surface area (Å²) in [6, 6.07) is -0.0212. The zero-order chi connectivity index (χ0) is 15.6. The van der Waals surface area contributed by atoms with Gasteiger partial charge in [-0.25, -0.2) is 0 Å². The monoisotopic (exact) mass is 294 g/mol. The van der Waals surface area contributed by atoms with Crippen LogP contribution in [0, 0.1) is 5.92 Å². The predicted octanol–water partition coefficient (Wildman–Crippen LogP) is 2.86. The van der Waals surface area contributed by atoms with Gasteiger partial charge in [0.25, 0.3) is 0 Å². The van der Waals surface area contributed by atoms with Crippen LogP contribution in [-0.2, 0) is 9.59 Å². The Morgan fingerprint density at radius 1 is 1.24 bits per heavy atom. The van der Waals surface area contributed by atoms with E-state index in [1.165, 1.54) is 19.3 Å². The van der Waals surface area contributed by atoms with Gasteiger partial charge in [0.2, 0.25) is 11.8 Å². The molecule has 1 N–H and O–H groups in total. The van der Waals surface area contributed by atoms with Crippen molar-refractivity contribution in [3.05, 3.63) is 0 Å². The van der Waals surface area contributed by atoms with Crippen molar-refractivity contribution < 1.29 is 9.59 Å².